The quantitative estimate of drug-likeness (QED) is 0.800. The van der Waals surface area contributed by atoms with Crippen molar-refractivity contribution in [3.8, 4) is 0 Å². The van der Waals surface area contributed by atoms with Gasteiger partial charge >= 0.3 is 12.0 Å². The second-order valence-corrected chi connectivity index (χ2v) is 5.20. The second-order valence-electron chi connectivity index (χ2n) is 3.96. The fraction of sp³-hybridized carbons (Fsp3) is 0.167. The Morgan fingerprint density at radius 1 is 1.25 bits per heavy atom. The first-order chi connectivity index (χ1) is 9.52. The van der Waals surface area contributed by atoms with Crippen LogP contribution in [0, 0.1) is 6.92 Å². The molecule has 0 saturated carbocycles. The van der Waals surface area contributed by atoms with E-state index in [-0.39, 0.29) is 6.42 Å². The number of rotatable bonds is 4. The van der Waals surface area contributed by atoms with Gasteiger partial charge in [0.1, 0.15) is 0 Å². The molecule has 3 N–H and O–H groups in total. The number of aryl methyl sites for hydroxylation is 1. The number of nitrogens with one attached hydrogen (secondary N) is 2. The maximum absolute atomic E-state index is 11.7. The summed E-state index contributed by atoms with van der Waals surface area (Å²) in [4.78, 5) is 31.1. The van der Waals surface area contributed by atoms with Crippen molar-refractivity contribution in [3.05, 3.63) is 35.1 Å². The summed E-state index contributed by atoms with van der Waals surface area (Å²) in [6.45, 7) is 1.89. The molecule has 2 aromatic rings. The van der Waals surface area contributed by atoms with Crippen molar-refractivity contribution in [1.82, 2.24) is 9.97 Å². The molecule has 104 valence electrons. The highest BCUT2D eigenvalue weighted by molar-refractivity contribution is 7.15. The molecular weight excluding hydrogens is 280 g/mol. The number of carboxylic acids is 1. The molecule has 2 rings (SSSR count). The number of amides is 2. The lowest BCUT2D eigenvalue weighted by molar-refractivity contribution is -0.136. The zero-order valence-corrected chi connectivity index (χ0v) is 11.4. The molecule has 20 heavy (non-hydrogen) atoms. The molecule has 0 aliphatic heterocycles. The summed E-state index contributed by atoms with van der Waals surface area (Å²) < 4.78 is 0. The summed E-state index contributed by atoms with van der Waals surface area (Å²) in [7, 11) is 0. The standard InChI is InChI=1S/C12H12N4O3S/c1-7-5-14-12(20-7)16-11(19)15-9-3-2-8(13-6-9)4-10(17)18/h2-3,5-6H,4H2,1H3,(H,17,18)(H2,14,15,16,19). The summed E-state index contributed by atoms with van der Waals surface area (Å²) >= 11 is 1.37. The van der Waals surface area contributed by atoms with Gasteiger partial charge in [0.15, 0.2) is 5.13 Å². The number of nitrogens with zero attached hydrogens (tertiary/aromatic N) is 2. The van der Waals surface area contributed by atoms with E-state index in [4.69, 9.17) is 5.11 Å². The Labute approximate surface area is 118 Å². The average Bonchev–Trinajstić information content (AvgIpc) is 2.76. The third-order valence-corrected chi connectivity index (χ3v) is 3.08. The van der Waals surface area contributed by atoms with Gasteiger partial charge < -0.3 is 10.4 Å². The molecule has 0 radical (unpaired) electrons. The highest BCUT2D eigenvalue weighted by atomic mass is 32.1. The maximum Gasteiger partial charge on any atom is 0.325 e. The van der Waals surface area contributed by atoms with Gasteiger partial charge in [-0.25, -0.2) is 9.78 Å². The van der Waals surface area contributed by atoms with Crippen molar-refractivity contribution in [1.29, 1.82) is 0 Å². The molecule has 0 unspecified atom stereocenters. The SMILES string of the molecule is Cc1cnc(NC(=O)Nc2ccc(CC(=O)O)nc2)s1. The van der Waals surface area contributed by atoms with Gasteiger partial charge in [-0.1, -0.05) is 0 Å². The molecule has 2 aromatic heterocycles. The molecular formula is C12H12N4O3S. The number of aromatic nitrogens is 2. The van der Waals surface area contributed by atoms with E-state index in [1.54, 1.807) is 18.3 Å². The number of carboxylic acid groups (broad SMARTS) is 1. The number of hydrogen-bond donors (Lipinski definition) is 3. The van der Waals surface area contributed by atoms with Crippen LogP contribution in [0.4, 0.5) is 15.6 Å². The van der Waals surface area contributed by atoms with E-state index in [2.05, 4.69) is 20.6 Å². The molecule has 0 fully saturated rings. The molecule has 0 aromatic carbocycles. The largest absolute Gasteiger partial charge is 0.481 e. The van der Waals surface area contributed by atoms with Gasteiger partial charge in [0.25, 0.3) is 0 Å². The summed E-state index contributed by atoms with van der Waals surface area (Å²) in [5.41, 5.74) is 0.906. The molecule has 2 heterocycles. The van der Waals surface area contributed by atoms with Crippen LogP contribution >= 0.6 is 11.3 Å². The average molecular weight is 292 g/mol. The second kappa shape index (κ2) is 6.11. The zero-order valence-electron chi connectivity index (χ0n) is 10.6. The predicted molar refractivity (Wildman–Crippen MR) is 75.1 cm³/mol. The Bertz CT molecular complexity index is 624. The van der Waals surface area contributed by atoms with Gasteiger partial charge in [-0.2, -0.15) is 0 Å². The predicted octanol–water partition coefficient (Wildman–Crippen LogP) is 2.12. The topological polar surface area (TPSA) is 104 Å². The van der Waals surface area contributed by atoms with Gasteiger partial charge in [-0.3, -0.25) is 15.1 Å². The van der Waals surface area contributed by atoms with Crippen LogP contribution in [-0.2, 0) is 11.2 Å². The highest BCUT2D eigenvalue weighted by Crippen LogP contribution is 2.16. The van der Waals surface area contributed by atoms with Gasteiger partial charge in [-0.05, 0) is 19.1 Å². The number of pyridine rings is 1. The minimum Gasteiger partial charge on any atom is -0.481 e. The Morgan fingerprint density at radius 3 is 2.60 bits per heavy atom. The first kappa shape index (κ1) is 13.9. The van der Waals surface area contributed by atoms with Gasteiger partial charge in [0, 0.05) is 11.1 Å². The first-order valence-electron chi connectivity index (χ1n) is 5.70. The molecule has 0 aliphatic carbocycles. The van der Waals surface area contributed by atoms with Crippen LogP contribution < -0.4 is 10.6 Å². The van der Waals surface area contributed by atoms with Crippen LogP contribution in [0.25, 0.3) is 0 Å². The smallest absolute Gasteiger partial charge is 0.325 e. The Kier molecular flexibility index (Phi) is 4.26. The minimum atomic E-state index is -0.949. The van der Waals surface area contributed by atoms with Crippen molar-refractivity contribution in [2.45, 2.75) is 13.3 Å². The van der Waals surface area contributed by atoms with Crippen molar-refractivity contribution in [2.75, 3.05) is 10.6 Å². The van der Waals surface area contributed by atoms with E-state index >= 15 is 0 Å². The lowest BCUT2D eigenvalue weighted by Gasteiger charge is -2.05. The van der Waals surface area contributed by atoms with Crippen LogP contribution in [0.15, 0.2) is 24.5 Å². The van der Waals surface area contributed by atoms with Crippen molar-refractivity contribution in [2.24, 2.45) is 0 Å². The molecule has 2 amide bonds. The fourth-order valence-corrected chi connectivity index (χ4v) is 2.09. The van der Waals surface area contributed by atoms with Crippen molar-refractivity contribution >= 4 is 34.2 Å². The molecule has 7 nitrogen and oxygen atoms in total. The van der Waals surface area contributed by atoms with Crippen LogP contribution in [0.5, 0.6) is 0 Å². The maximum atomic E-state index is 11.7. The van der Waals surface area contributed by atoms with E-state index < -0.39 is 12.0 Å². The summed E-state index contributed by atoms with van der Waals surface area (Å²) in [5, 5.41) is 14.3. The summed E-state index contributed by atoms with van der Waals surface area (Å²) in [5.74, 6) is -0.949. The van der Waals surface area contributed by atoms with Crippen LogP contribution in [0.1, 0.15) is 10.6 Å². The van der Waals surface area contributed by atoms with E-state index in [1.807, 2.05) is 6.92 Å². The van der Waals surface area contributed by atoms with Crippen LogP contribution in [0.2, 0.25) is 0 Å². The van der Waals surface area contributed by atoms with Gasteiger partial charge in [0.2, 0.25) is 0 Å². The number of aliphatic carboxylic acids is 1. The molecule has 0 aliphatic rings. The normalized spacial score (nSPS) is 10.1. The molecule has 0 atom stereocenters. The molecule has 0 bridgehead atoms. The van der Waals surface area contributed by atoms with Gasteiger partial charge in [-0.15, -0.1) is 11.3 Å². The van der Waals surface area contributed by atoms with E-state index in [0.717, 1.165) is 4.88 Å². The van der Waals surface area contributed by atoms with E-state index in [9.17, 15) is 9.59 Å². The van der Waals surface area contributed by atoms with E-state index in [0.29, 0.717) is 16.5 Å². The fourth-order valence-electron chi connectivity index (χ4n) is 1.43. The number of urea groups is 1. The molecule has 8 heteroatoms. The Balaban J connectivity index is 1.92. The van der Waals surface area contributed by atoms with Crippen LogP contribution in [-0.4, -0.2) is 27.1 Å². The third kappa shape index (κ3) is 4.02. The van der Waals surface area contributed by atoms with Crippen LogP contribution in [0.3, 0.4) is 0 Å². The van der Waals surface area contributed by atoms with Gasteiger partial charge in [0.05, 0.1) is 24.0 Å². The Hall–Kier alpha value is -2.48. The summed E-state index contributed by atoms with van der Waals surface area (Å²) in [6.07, 6.45) is 2.93. The first-order valence-corrected chi connectivity index (χ1v) is 6.52. The number of hydrogen-bond acceptors (Lipinski definition) is 5. The number of carbonyl (C=O) groups excluding carboxylic acids is 1. The number of thiazole rings is 1. The molecule has 0 spiro atoms. The van der Waals surface area contributed by atoms with E-state index in [1.165, 1.54) is 17.5 Å². The third-order valence-electron chi connectivity index (χ3n) is 2.26. The zero-order chi connectivity index (χ0) is 14.5. The van der Waals surface area contributed by atoms with Crippen molar-refractivity contribution in [3.63, 3.8) is 0 Å². The lowest BCUT2D eigenvalue weighted by atomic mass is 10.2. The summed E-state index contributed by atoms with van der Waals surface area (Å²) in [6, 6.07) is 2.72. The lowest BCUT2D eigenvalue weighted by Crippen LogP contribution is -2.19. The minimum absolute atomic E-state index is 0.148. The van der Waals surface area contributed by atoms with Crippen molar-refractivity contribution < 1.29 is 14.7 Å². The Morgan fingerprint density at radius 2 is 2.05 bits per heavy atom. The highest BCUT2D eigenvalue weighted by Gasteiger charge is 2.06. The number of carbonyl (C=O) groups is 2. The molecule has 0 saturated heterocycles. The number of anilines is 2. The monoisotopic (exact) mass is 292 g/mol.